The molecule has 2 aromatic carbocycles. The van der Waals surface area contributed by atoms with Gasteiger partial charge in [0.05, 0.1) is 17.2 Å². The van der Waals surface area contributed by atoms with Crippen molar-refractivity contribution in [2.45, 2.75) is 11.7 Å². The van der Waals surface area contributed by atoms with Crippen molar-refractivity contribution >= 4 is 40.7 Å². The zero-order valence-electron chi connectivity index (χ0n) is 13.5. The van der Waals surface area contributed by atoms with Gasteiger partial charge in [-0.2, -0.15) is 5.10 Å². The first kappa shape index (κ1) is 17.7. The first-order valence-corrected chi connectivity index (χ1v) is 8.58. The van der Waals surface area contributed by atoms with Gasteiger partial charge < -0.3 is 15.0 Å². The van der Waals surface area contributed by atoms with E-state index in [1.807, 2.05) is 30.3 Å². The van der Waals surface area contributed by atoms with Gasteiger partial charge in [0.15, 0.2) is 5.17 Å². The SMILES string of the molecule is O=C([O-])C[C@@H]1SC(=NN=Cc2ccccc2)N(c2ccc(O)cc2)C1=O. The van der Waals surface area contributed by atoms with Crippen LogP contribution in [-0.4, -0.2) is 33.6 Å². The van der Waals surface area contributed by atoms with Gasteiger partial charge in [0, 0.05) is 12.4 Å². The minimum atomic E-state index is -1.31. The summed E-state index contributed by atoms with van der Waals surface area (Å²) >= 11 is 1.02. The first-order chi connectivity index (χ1) is 12.5. The zero-order chi connectivity index (χ0) is 18.5. The highest BCUT2D eigenvalue weighted by Crippen LogP contribution is 2.34. The van der Waals surface area contributed by atoms with Gasteiger partial charge in [-0.1, -0.05) is 42.1 Å². The third kappa shape index (κ3) is 4.09. The Kier molecular flexibility index (Phi) is 5.33. The number of phenols is 1. The van der Waals surface area contributed by atoms with E-state index < -0.39 is 23.5 Å². The number of phenolic OH excluding ortho intramolecular Hbond substituents is 1. The number of anilines is 1. The van der Waals surface area contributed by atoms with Crippen LogP contribution in [0.1, 0.15) is 12.0 Å². The molecule has 1 aliphatic heterocycles. The van der Waals surface area contributed by atoms with Crippen molar-refractivity contribution in [2.24, 2.45) is 10.2 Å². The maximum absolute atomic E-state index is 12.6. The van der Waals surface area contributed by atoms with Crippen LogP contribution >= 0.6 is 11.8 Å². The standard InChI is InChI=1S/C18H15N3O4S/c22-14-8-6-13(7-9-14)21-17(25)15(10-16(23)24)26-18(21)20-19-11-12-4-2-1-3-5-12/h1-9,11,15,22H,10H2,(H,23,24)/p-1/t15-/m0/s1. The van der Waals surface area contributed by atoms with Gasteiger partial charge >= 0.3 is 0 Å². The van der Waals surface area contributed by atoms with E-state index in [1.54, 1.807) is 18.3 Å². The van der Waals surface area contributed by atoms with Crippen molar-refractivity contribution in [3.05, 3.63) is 60.2 Å². The fraction of sp³-hybridized carbons (Fsp3) is 0.111. The van der Waals surface area contributed by atoms with Crippen LogP contribution in [0.3, 0.4) is 0 Å². The zero-order valence-corrected chi connectivity index (χ0v) is 14.3. The molecule has 1 aliphatic rings. The number of aromatic hydroxyl groups is 1. The van der Waals surface area contributed by atoms with Crippen LogP contribution in [0, 0.1) is 0 Å². The van der Waals surface area contributed by atoms with Gasteiger partial charge in [0.2, 0.25) is 5.91 Å². The summed E-state index contributed by atoms with van der Waals surface area (Å²) < 4.78 is 0. The highest BCUT2D eigenvalue weighted by atomic mass is 32.2. The second-order valence-corrected chi connectivity index (χ2v) is 6.58. The van der Waals surface area contributed by atoms with Crippen LogP contribution in [0.15, 0.2) is 64.8 Å². The second kappa shape index (κ2) is 7.83. The van der Waals surface area contributed by atoms with Gasteiger partial charge in [-0.05, 0) is 29.8 Å². The lowest BCUT2D eigenvalue weighted by molar-refractivity contribution is -0.305. The third-order valence-electron chi connectivity index (χ3n) is 3.54. The Labute approximate surface area is 153 Å². The van der Waals surface area contributed by atoms with Crippen LogP contribution in [0.25, 0.3) is 0 Å². The van der Waals surface area contributed by atoms with Crippen molar-refractivity contribution in [1.29, 1.82) is 0 Å². The van der Waals surface area contributed by atoms with Crippen LogP contribution in [0.2, 0.25) is 0 Å². The minimum absolute atomic E-state index is 0.0555. The van der Waals surface area contributed by atoms with Gasteiger partial charge in [-0.3, -0.25) is 9.69 Å². The molecule has 0 aliphatic carbocycles. The average molecular weight is 368 g/mol. The van der Waals surface area contributed by atoms with Gasteiger partial charge in [0.1, 0.15) is 5.75 Å². The Bertz CT molecular complexity index is 866. The van der Waals surface area contributed by atoms with Gasteiger partial charge in [-0.15, -0.1) is 5.10 Å². The molecule has 7 nitrogen and oxygen atoms in total. The van der Waals surface area contributed by atoms with E-state index in [2.05, 4.69) is 10.2 Å². The molecule has 1 atom stereocenters. The van der Waals surface area contributed by atoms with E-state index in [0.717, 1.165) is 17.3 Å². The lowest BCUT2D eigenvalue weighted by Crippen LogP contribution is -2.35. The molecule has 132 valence electrons. The van der Waals surface area contributed by atoms with Crippen molar-refractivity contribution in [3.8, 4) is 5.75 Å². The summed E-state index contributed by atoms with van der Waals surface area (Å²) in [6.07, 6.45) is 1.12. The molecule has 26 heavy (non-hydrogen) atoms. The fourth-order valence-electron chi connectivity index (χ4n) is 2.34. The number of carboxylic acids is 1. The molecule has 3 rings (SSSR count). The Morgan fingerprint density at radius 1 is 1.19 bits per heavy atom. The molecule has 1 saturated heterocycles. The first-order valence-electron chi connectivity index (χ1n) is 7.70. The fourth-order valence-corrected chi connectivity index (χ4v) is 3.42. The number of hydrogen-bond donors (Lipinski definition) is 1. The van der Waals surface area contributed by atoms with Crippen molar-refractivity contribution in [3.63, 3.8) is 0 Å². The van der Waals surface area contributed by atoms with Crippen LogP contribution < -0.4 is 10.0 Å². The topological polar surface area (TPSA) is 105 Å². The smallest absolute Gasteiger partial charge is 0.247 e. The summed E-state index contributed by atoms with van der Waals surface area (Å²) in [5, 5.41) is 27.8. The molecule has 0 bridgehead atoms. The van der Waals surface area contributed by atoms with Crippen molar-refractivity contribution < 1.29 is 19.8 Å². The average Bonchev–Trinajstić information content (AvgIpc) is 2.92. The molecule has 0 saturated carbocycles. The number of hydrogen-bond acceptors (Lipinski definition) is 7. The Hall–Kier alpha value is -3.13. The number of thioether (sulfide) groups is 1. The number of carbonyl (C=O) groups excluding carboxylic acids is 2. The van der Waals surface area contributed by atoms with E-state index in [0.29, 0.717) is 5.69 Å². The summed E-state index contributed by atoms with van der Waals surface area (Å²) in [7, 11) is 0. The number of carbonyl (C=O) groups is 2. The van der Waals surface area contributed by atoms with E-state index in [-0.39, 0.29) is 10.9 Å². The Morgan fingerprint density at radius 3 is 2.54 bits per heavy atom. The highest BCUT2D eigenvalue weighted by molar-refractivity contribution is 8.16. The summed E-state index contributed by atoms with van der Waals surface area (Å²) in [5.41, 5.74) is 1.31. The maximum atomic E-state index is 12.6. The van der Waals surface area contributed by atoms with Crippen molar-refractivity contribution in [2.75, 3.05) is 4.90 Å². The lowest BCUT2D eigenvalue weighted by Gasteiger charge is -2.16. The number of nitrogens with zero attached hydrogens (tertiary/aromatic N) is 3. The summed E-state index contributed by atoms with van der Waals surface area (Å²) in [4.78, 5) is 24.8. The molecule has 8 heteroatoms. The molecule has 0 aromatic heterocycles. The van der Waals surface area contributed by atoms with Gasteiger partial charge in [0.25, 0.3) is 0 Å². The molecular formula is C18H14N3O4S-. The number of aliphatic carboxylic acids is 1. The molecule has 1 amide bonds. The maximum Gasteiger partial charge on any atom is 0.247 e. The Balaban J connectivity index is 1.90. The summed E-state index contributed by atoms with van der Waals surface area (Å²) in [6, 6.07) is 15.3. The molecule has 1 heterocycles. The predicted octanol–water partition coefficient (Wildman–Crippen LogP) is 1.37. The molecule has 1 N–H and O–H groups in total. The van der Waals surface area contributed by atoms with Crippen LogP contribution in [0.5, 0.6) is 5.75 Å². The molecule has 1 fully saturated rings. The Morgan fingerprint density at radius 2 is 1.88 bits per heavy atom. The largest absolute Gasteiger partial charge is 0.550 e. The van der Waals surface area contributed by atoms with E-state index in [1.165, 1.54) is 17.0 Å². The number of carboxylic acid groups (broad SMARTS) is 1. The quantitative estimate of drug-likeness (QED) is 0.634. The van der Waals surface area contributed by atoms with Crippen molar-refractivity contribution in [1.82, 2.24) is 0 Å². The number of benzene rings is 2. The molecule has 0 radical (unpaired) electrons. The number of amidine groups is 1. The molecular weight excluding hydrogens is 354 g/mol. The normalized spacial score (nSPS) is 18.8. The molecule has 2 aromatic rings. The van der Waals surface area contributed by atoms with Gasteiger partial charge in [-0.25, -0.2) is 0 Å². The number of amides is 1. The summed E-state index contributed by atoms with van der Waals surface area (Å²) in [5.74, 6) is -1.67. The predicted molar refractivity (Wildman–Crippen MR) is 98.1 cm³/mol. The second-order valence-electron chi connectivity index (χ2n) is 5.41. The molecule has 0 spiro atoms. The summed E-state index contributed by atoms with van der Waals surface area (Å²) in [6.45, 7) is 0. The van der Waals surface area contributed by atoms with Crippen LogP contribution in [0.4, 0.5) is 5.69 Å². The van der Waals surface area contributed by atoms with E-state index >= 15 is 0 Å². The minimum Gasteiger partial charge on any atom is -0.550 e. The van der Waals surface area contributed by atoms with Crippen LogP contribution in [-0.2, 0) is 9.59 Å². The van der Waals surface area contributed by atoms with E-state index in [9.17, 15) is 19.8 Å². The highest BCUT2D eigenvalue weighted by Gasteiger charge is 2.39. The lowest BCUT2D eigenvalue weighted by atomic mass is 10.2. The molecule has 0 unspecified atom stereocenters. The third-order valence-corrected chi connectivity index (χ3v) is 4.67. The monoisotopic (exact) mass is 368 g/mol. The van der Waals surface area contributed by atoms with E-state index in [4.69, 9.17) is 0 Å². The number of rotatable bonds is 5.